The summed E-state index contributed by atoms with van der Waals surface area (Å²) in [4.78, 5) is 39.4. The average molecular weight is 554 g/mol. The highest BCUT2D eigenvalue weighted by Crippen LogP contribution is 2.29. The maximum atomic E-state index is 13.5. The van der Waals surface area contributed by atoms with Gasteiger partial charge < -0.3 is 14.1 Å². The van der Waals surface area contributed by atoms with E-state index in [1.165, 1.54) is 11.9 Å². The minimum absolute atomic E-state index is 0.161. The maximum Gasteiger partial charge on any atom is 0.411 e. The first-order valence-electron chi connectivity index (χ1n) is 13.0. The van der Waals surface area contributed by atoms with Gasteiger partial charge in [0.2, 0.25) is 5.89 Å². The number of carbonyl (C=O) groups is 2. The number of hydrogen-bond donors (Lipinski definition) is 1. The molecule has 1 aliphatic heterocycles. The van der Waals surface area contributed by atoms with Gasteiger partial charge in [-0.3, -0.25) is 20.0 Å². The smallest absolute Gasteiger partial charge is 0.411 e. The molecule has 5 aromatic rings. The second kappa shape index (κ2) is 11.1. The molecule has 208 valence electrons. The molecule has 4 heterocycles. The Bertz CT molecular complexity index is 1690. The number of amides is 2. The Morgan fingerprint density at radius 2 is 1.83 bits per heavy atom. The van der Waals surface area contributed by atoms with Gasteiger partial charge in [0.05, 0.1) is 20.2 Å². The number of oxazole rings is 1. The molecule has 1 aliphatic rings. The summed E-state index contributed by atoms with van der Waals surface area (Å²) in [7, 11) is 3.04. The second-order valence-corrected chi connectivity index (χ2v) is 9.53. The lowest BCUT2D eigenvalue weighted by molar-refractivity contribution is 0.0586. The Labute approximate surface area is 234 Å². The van der Waals surface area contributed by atoms with Crippen molar-refractivity contribution in [1.29, 1.82) is 0 Å². The van der Waals surface area contributed by atoms with Crippen molar-refractivity contribution in [3.8, 4) is 11.5 Å². The van der Waals surface area contributed by atoms with Crippen LogP contribution < -0.4 is 5.32 Å². The Morgan fingerprint density at radius 1 is 1.02 bits per heavy atom. The lowest BCUT2D eigenvalue weighted by Gasteiger charge is -2.38. The summed E-state index contributed by atoms with van der Waals surface area (Å²) in [6.07, 6.45) is 0.996. The summed E-state index contributed by atoms with van der Waals surface area (Å²) in [5.74, 6) is 0.805. The summed E-state index contributed by atoms with van der Waals surface area (Å²) in [6, 6.07) is 18.4. The first-order chi connectivity index (χ1) is 20.0. The number of hydrogen-bond acceptors (Lipinski definition) is 10. The number of aryl methyl sites for hydroxylation is 1. The molecule has 0 radical (unpaired) electrons. The number of aromatic nitrogens is 6. The van der Waals surface area contributed by atoms with Crippen molar-refractivity contribution in [3.63, 3.8) is 0 Å². The molecule has 1 fully saturated rings. The van der Waals surface area contributed by atoms with E-state index < -0.39 is 6.09 Å². The number of nitrogens with zero attached hydrogens (tertiary/aromatic N) is 8. The Hall–Kier alpha value is -5.17. The number of pyridine rings is 1. The van der Waals surface area contributed by atoms with Gasteiger partial charge in [-0.25, -0.2) is 9.78 Å². The van der Waals surface area contributed by atoms with Crippen LogP contribution >= 0.6 is 0 Å². The van der Waals surface area contributed by atoms with Crippen LogP contribution in [-0.4, -0.2) is 85.3 Å². The summed E-state index contributed by atoms with van der Waals surface area (Å²) < 4.78 is 10.6. The number of ether oxygens (including phenoxy) is 1. The van der Waals surface area contributed by atoms with Crippen molar-refractivity contribution in [2.24, 2.45) is 7.05 Å². The van der Waals surface area contributed by atoms with Crippen molar-refractivity contribution in [2.45, 2.75) is 6.04 Å². The molecule has 1 atom stereocenters. The zero-order valence-electron chi connectivity index (χ0n) is 22.5. The third kappa shape index (κ3) is 5.47. The van der Waals surface area contributed by atoms with Crippen LogP contribution in [0.2, 0.25) is 0 Å². The summed E-state index contributed by atoms with van der Waals surface area (Å²) in [6.45, 7) is 2.31. The van der Waals surface area contributed by atoms with Gasteiger partial charge in [-0.15, -0.1) is 10.2 Å². The lowest BCUT2D eigenvalue weighted by Crippen LogP contribution is -2.50. The number of fused-ring (bicyclic) bond motifs is 1. The first-order valence-corrected chi connectivity index (χ1v) is 13.0. The molecule has 0 saturated carbocycles. The maximum absolute atomic E-state index is 13.5. The molecule has 0 aliphatic carbocycles. The molecule has 2 amide bonds. The van der Waals surface area contributed by atoms with E-state index in [1.54, 1.807) is 48.5 Å². The number of methoxy groups -OCH3 is 1. The fourth-order valence-corrected chi connectivity index (χ4v) is 4.89. The zero-order valence-corrected chi connectivity index (χ0v) is 22.5. The molecular formula is C28H27N9O4. The van der Waals surface area contributed by atoms with Crippen molar-refractivity contribution >= 4 is 28.8 Å². The van der Waals surface area contributed by atoms with E-state index in [0.29, 0.717) is 65.9 Å². The van der Waals surface area contributed by atoms with Crippen molar-refractivity contribution in [2.75, 3.05) is 38.6 Å². The fourth-order valence-electron chi connectivity index (χ4n) is 4.89. The summed E-state index contributed by atoms with van der Waals surface area (Å²) >= 11 is 0. The van der Waals surface area contributed by atoms with Crippen LogP contribution in [0.1, 0.15) is 27.9 Å². The van der Waals surface area contributed by atoms with Gasteiger partial charge in [0.1, 0.15) is 11.2 Å². The van der Waals surface area contributed by atoms with E-state index in [0.717, 1.165) is 5.56 Å². The van der Waals surface area contributed by atoms with E-state index in [1.807, 2.05) is 18.2 Å². The summed E-state index contributed by atoms with van der Waals surface area (Å²) in [5, 5.41) is 15.4. The van der Waals surface area contributed by atoms with E-state index in [9.17, 15) is 9.59 Å². The number of nitrogens with one attached hydrogen (secondary N) is 1. The zero-order chi connectivity index (χ0) is 28.3. The Balaban J connectivity index is 1.17. The molecule has 13 heteroatoms. The van der Waals surface area contributed by atoms with Gasteiger partial charge in [-0.05, 0) is 41.1 Å². The summed E-state index contributed by atoms with van der Waals surface area (Å²) in [5.41, 5.74) is 3.63. The van der Waals surface area contributed by atoms with Crippen LogP contribution in [0.25, 0.3) is 22.6 Å². The number of piperazine rings is 1. The average Bonchev–Trinajstić information content (AvgIpc) is 3.64. The molecule has 41 heavy (non-hydrogen) atoms. The standard InChI is InChI=1S/C28H27N9O4/c1-35-33-25(32-34-35)24(18-6-4-3-5-7-18)36-12-14-37(15-13-36)27(38)22-16-19(10-11-29-22)26-31-21-17-20(30-28(39)40-2)8-9-23(21)41-26/h3-11,16-17,24H,12-15H2,1-2H3,(H,30,39). The largest absolute Gasteiger partial charge is 0.453 e. The van der Waals surface area contributed by atoms with Crippen LogP contribution in [-0.2, 0) is 11.8 Å². The monoisotopic (exact) mass is 553 g/mol. The van der Waals surface area contributed by atoms with Crippen LogP contribution in [0.5, 0.6) is 0 Å². The van der Waals surface area contributed by atoms with Gasteiger partial charge in [-0.2, -0.15) is 4.80 Å². The number of benzene rings is 2. The predicted octanol–water partition coefficient (Wildman–Crippen LogP) is 3.14. The third-order valence-corrected chi connectivity index (χ3v) is 6.90. The van der Waals surface area contributed by atoms with Crippen molar-refractivity contribution < 1.29 is 18.7 Å². The van der Waals surface area contributed by atoms with Crippen molar-refractivity contribution in [1.82, 2.24) is 40.0 Å². The SMILES string of the molecule is COC(=O)Nc1ccc2oc(-c3ccnc(C(=O)N4CCN(C(c5ccccc5)c5nnn(C)n5)CC4)c3)nc2c1. The van der Waals surface area contributed by atoms with Gasteiger partial charge in [0.15, 0.2) is 11.4 Å². The topological polar surface area (TPSA) is 144 Å². The fraction of sp³-hybridized carbons (Fsp3) is 0.250. The molecule has 6 rings (SSSR count). The van der Waals surface area contributed by atoms with E-state index in [-0.39, 0.29) is 11.9 Å². The molecule has 2 aromatic carbocycles. The quantitative estimate of drug-likeness (QED) is 0.333. The molecule has 0 spiro atoms. The molecule has 1 unspecified atom stereocenters. The van der Waals surface area contributed by atoms with Gasteiger partial charge >= 0.3 is 6.09 Å². The number of carbonyl (C=O) groups excluding carboxylic acids is 2. The predicted molar refractivity (Wildman–Crippen MR) is 148 cm³/mol. The molecule has 13 nitrogen and oxygen atoms in total. The van der Waals surface area contributed by atoms with Gasteiger partial charge in [0.25, 0.3) is 5.91 Å². The van der Waals surface area contributed by atoms with E-state index in [4.69, 9.17) is 4.42 Å². The molecule has 1 saturated heterocycles. The highest BCUT2D eigenvalue weighted by Gasteiger charge is 2.31. The highest BCUT2D eigenvalue weighted by atomic mass is 16.5. The van der Waals surface area contributed by atoms with E-state index >= 15 is 0 Å². The number of anilines is 1. The first kappa shape index (κ1) is 26.1. The molecule has 3 aromatic heterocycles. The van der Waals surface area contributed by atoms with Crippen LogP contribution in [0, 0.1) is 0 Å². The van der Waals surface area contributed by atoms with Crippen molar-refractivity contribution in [3.05, 3.63) is 83.9 Å². The van der Waals surface area contributed by atoms with Crippen LogP contribution in [0.15, 0.2) is 71.3 Å². The highest BCUT2D eigenvalue weighted by molar-refractivity contribution is 5.93. The van der Waals surface area contributed by atoms with Gasteiger partial charge in [0, 0.05) is 43.6 Å². The number of tetrazole rings is 1. The Morgan fingerprint density at radius 3 is 2.56 bits per heavy atom. The van der Waals surface area contributed by atoms with Gasteiger partial charge in [-0.1, -0.05) is 30.3 Å². The second-order valence-electron chi connectivity index (χ2n) is 9.53. The minimum atomic E-state index is -0.577. The molecule has 1 N–H and O–H groups in total. The molecule has 0 bridgehead atoms. The lowest BCUT2D eigenvalue weighted by atomic mass is 10.0. The minimum Gasteiger partial charge on any atom is -0.453 e. The van der Waals surface area contributed by atoms with E-state index in [2.05, 4.69) is 52.5 Å². The van der Waals surface area contributed by atoms with Crippen LogP contribution in [0.3, 0.4) is 0 Å². The third-order valence-electron chi connectivity index (χ3n) is 6.90. The molecular weight excluding hydrogens is 526 g/mol. The Kier molecular flexibility index (Phi) is 7.08. The number of rotatable bonds is 6. The normalized spacial score (nSPS) is 14.6. The van der Waals surface area contributed by atoms with Crippen LogP contribution in [0.4, 0.5) is 10.5 Å².